The number of nitrogens with zero attached hydrogens (tertiary/aromatic N) is 3. The van der Waals surface area contributed by atoms with Gasteiger partial charge in [0.15, 0.2) is 11.4 Å². The molecule has 1 unspecified atom stereocenters. The van der Waals surface area contributed by atoms with Crippen LogP contribution in [-0.2, 0) is 0 Å². The molecule has 4 aromatic rings. The first-order valence-corrected chi connectivity index (χ1v) is 11.8. The maximum absolute atomic E-state index is 6.39. The number of ether oxygens (including phenoxy) is 1. The van der Waals surface area contributed by atoms with Gasteiger partial charge in [-0.1, -0.05) is 34.8 Å². The number of hydrogen-bond acceptors (Lipinski definition) is 6. The predicted molar refractivity (Wildman–Crippen MR) is 131 cm³/mol. The van der Waals surface area contributed by atoms with Crippen molar-refractivity contribution >= 4 is 51.6 Å². The molecule has 1 aromatic carbocycles. The van der Waals surface area contributed by atoms with Crippen molar-refractivity contribution in [2.75, 3.05) is 18.8 Å². The number of fused-ring (bicyclic) bond motifs is 1. The lowest BCUT2D eigenvalue weighted by Crippen LogP contribution is -2.29. The summed E-state index contributed by atoms with van der Waals surface area (Å²) < 4.78 is 14.1. The number of pyridine rings is 1. The lowest BCUT2D eigenvalue weighted by Gasteiger charge is -2.22. The smallest absolute Gasteiger partial charge is 0.205 e. The molecular weight excluding hydrogens is 485 g/mol. The minimum absolute atomic E-state index is 0.204. The van der Waals surface area contributed by atoms with Crippen LogP contribution in [-0.4, -0.2) is 27.9 Å². The highest BCUT2D eigenvalue weighted by Crippen LogP contribution is 2.42. The fourth-order valence-corrected chi connectivity index (χ4v) is 5.06. The summed E-state index contributed by atoms with van der Waals surface area (Å²) in [5.74, 6) is 0.527. The van der Waals surface area contributed by atoms with E-state index in [1.807, 2.05) is 24.0 Å². The molecule has 0 spiro atoms. The SMILES string of the molecule is CC(Oc1c(N)ncc2c(-c3cnn(C4CCNCC4)c3)coc12)c1c(Cl)ccc(Cl)c1Cl. The number of furan rings is 1. The number of rotatable bonds is 5. The molecule has 1 aliphatic heterocycles. The Kier molecular flexibility index (Phi) is 6.14. The van der Waals surface area contributed by atoms with E-state index in [4.69, 9.17) is 49.7 Å². The van der Waals surface area contributed by atoms with Crippen molar-refractivity contribution in [3.05, 3.63) is 57.6 Å². The Bertz CT molecular complexity index is 1310. The Balaban J connectivity index is 1.49. The summed E-state index contributed by atoms with van der Waals surface area (Å²) >= 11 is 18.9. The molecule has 3 N–H and O–H groups in total. The van der Waals surface area contributed by atoms with E-state index in [0.29, 0.717) is 38.0 Å². The van der Waals surface area contributed by atoms with Crippen LogP contribution in [0.2, 0.25) is 15.1 Å². The maximum atomic E-state index is 6.39. The average molecular weight is 507 g/mol. The van der Waals surface area contributed by atoms with Gasteiger partial charge in [0.25, 0.3) is 0 Å². The second-order valence-electron chi connectivity index (χ2n) is 8.07. The van der Waals surface area contributed by atoms with Crippen LogP contribution >= 0.6 is 34.8 Å². The molecule has 1 aliphatic rings. The molecule has 0 saturated carbocycles. The molecule has 1 fully saturated rings. The third-order valence-corrected chi connectivity index (χ3v) is 7.13. The lowest BCUT2D eigenvalue weighted by molar-refractivity contribution is 0.228. The normalized spacial score (nSPS) is 15.8. The van der Waals surface area contributed by atoms with Gasteiger partial charge in [0.1, 0.15) is 12.4 Å². The van der Waals surface area contributed by atoms with Crippen molar-refractivity contribution in [3.8, 4) is 16.9 Å². The van der Waals surface area contributed by atoms with Gasteiger partial charge < -0.3 is 20.2 Å². The molecule has 5 rings (SSSR count). The Morgan fingerprint density at radius 2 is 1.94 bits per heavy atom. The van der Waals surface area contributed by atoms with Gasteiger partial charge >= 0.3 is 0 Å². The fraction of sp³-hybridized carbons (Fsp3) is 0.304. The van der Waals surface area contributed by atoms with Gasteiger partial charge in [-0.3, -0.25) is 4.68 Å². The van der Waals surface area contributed by atoms with Gasteiger partial charge in [-0.05, 0) is 45.0 Å². The van der Waals surface area contributed by atoms with E-state index in [9.17, 15) is 0 Å². The molecule has 0 amide bonds. The molecular formula is C23H22Cl3N5O2. The average Bonchev–Trinajstić information content (AvgIpc) is 3.46. The minimum atomic E-state index is -0.547. The summed E-state index contributed by atoms with van der Waals surface area (Å²) in [5.41, 5.74) is 9.03. The van der Waals surface area contributed by atoms with E-state index >= 15 is 0 Å². The number of nitrogens with one attached hydrogen (secondary N) is 1. The van der Waals surface area contributed by atoms with Crippen LogP contribution in [0.5, 0.6) is 5.75 Å². The summed E-state index contributed by atoms with van der Waals surface area (Å²) in [5, 5.41) is 9.91. The lowest BCUT2D eigenvalue weighted by atomic mass is 10.1. The molecule has 4 heterocycles. The number of halogens is 3. The summed E-state index contributed by atoms with van der Waals surface area (Å²) in [6, 6.07) is 3.71. The molecule has 172 valence electrons. The number of piperidine rings is 1. The van der Waals surface area contributed by atoms with E-state index in [2.05, 4.69) is 15.4 Å². The van der Waals surface area contributed by atoms with E-state index < -0.39 is 6.10 Å². The molecule has 0 radical (unpaired) electrons. The molecule has 10 heteroatoms. The molecule has 0 aliphatic carbocycles. The summed E-state index contributed by atoms with van der Waals surface area (Å²) in [6.07, 6.45) is 8.80. The standard InChI is InChI=1S/C23H22Cl3N5O2/c1-12(19-17(24)2-3-18(25)20(19)26)33-22-21-15(9-29-23(22)27)16(11-32-21)13-8-30-31(10-13)14-4-6-28-7-5-14/h2-3,8-12,14,28H,4-7H2,1H3,(H2,27,29). The van der Waals surface area contributed by atoms with Crippen LogP contribution in [0.4, 0.5) is 5.82 Å². The minimum Gasteiger partial charge on any atom is -0.478 e. The number of aromatic nitrogens is 3. The van der Waals surface area contributed by atoms with Crippen LogP contribution in [0.1, 0.15) is 37.5 Å². The third-order valence-electron chi connectivity index (χ3n) is 5.98. The van der Waals surface area contributed by atoms with Gasteiger partial charge in [-0.15, -0.1) is 0 Å². The van der Waals surface area contributed by atoms with E-state index in [0.717, 1.165) is 42.4 Å². The molecule has 0 bridgehead atoms. The largest absolute Gasteiger partial charge is 0.478 e. The number of anilines is 1. The first kappa shape index (κ1) is 22.3. The molecule has 1 atom stereocenters. The summed E-state index contributed by atoms with van der Waals surface area (Å²) in [7, 11) is 0. The highest BCUT2D eigenvalue weighted by Gasteiger charge is 2.23. The van der Waals surface area contributed by atoms with Gasteiger partial charge in [0.2, 0.25) is 5.75 Å². The van der Waals surface area contributed by atoms with E-state index in [1.165, 1.54) is 0 Å². The predicted octanol–water partition coefficient (Wildman–Crippen LogP) is 6.30. The number of hydrogen-bond donors (Lipinski definition) is 2. The van der Waals surface area contributed by atoms with Crippen molar-refractivity contribution in [2.45, 2.75) is 31.9 Å². The van der Waals surface area contributed by atoms with Crippen molar-refractivity contribution < 1.29 is 9.15 Å². The Morgan fingerprint density at radius 1 is 1.18 bits per heavy atom. The summed E-state index contributed by atoms with van der Waals surface area (Å²) in [4.78, 5) is 4.34. The second-order valence-corrected chi connectivity index (χ2v) is 9.26. The number of benzene rings is 1. The van der Waals surface area contributed by atoms with Gasteiger partial charge in [-0.25, -0.2) is 4.98 Å². The summed E-state index contributed by atoms with van der Waals surface area (Å²) in [6.45, 7) is 3.81. The third kappa shape index (κ3) is 4.15. The number of nitrogen functional groups attached to an aromatic ring is 1. The van der Waals surface area contributed by atoms with Crippen LogP contribution in [0.3, 0.4) is 0 Å². The highest BCUT2D eigenvalue weighted by atomic mass is 35.5. The topological polar surface area (TPSA) is 91.1 Å². The van der Waals surface area contributed by atoms with Crippen LogP contribution in [0.25, 0.3) is 22.1 Å². The molecule has 3 aromatic heterocycles. The monoisotopic (exact) mass is 505 g/mol. The van der Waals surface area contributed by atoms with Crippen LogP contribution < -0.4 is 15.8 Å². The second kappa shape index (κ2) is 9.06. The molecule has 33 heavy (non-hydrogen) atoms. The van der Waals surface area contributed by atoms with Crippen LogP contribution in [0.15, 0.2) is 41.4 Å². The Labute approximate surface area is 205 Å². The van der Waals surface area contributed by atoms with E-state index in [-0.39, 0.29) is 5.82 Å². The Morgan fingerprint density at radius 3 is 2.73 bits per heavy atom. The zero-order chi connectivity index (χ0) is 23.1. The zero-order valence-corrected chi connectivity index (χ0v) is 20.1. The highest BCUT2D eigenvalue weighted by molar-refractivity contribution is 6.44. The van der Waals surface area contributed by atoms with Crippen molar-refractivity contribution in [1.82, 2.24) is 20.1 Å². The first-order chi connectivity index (χ1) is 15.9. The van der Waals surface area contributed by atoms with Crippen molar-refractivity contribution in [2.24, 2.45) is 0 Å². The van der Waals surface area contributed by atoms with Gasteiger partial charge in [0, 0.05) is 34.1 Å². The quantitative estimate of drug-likeness (QED) is 0.309. The zero-order valence-electron chi connectivity index (χ0n) is 17.8. The van der Waals surface area contributed by atoms with Crippen molar-refractivity contribution in [1.29, 1.82) is 0 Å². The van der Waals surface area contributed by atoms with Gasteiger partial charge in [0.05, 0.1) is 27.7 Å². The maximum Gasteiger partial charge on any atom is 0.205 e. The van der Waals surface area contributed by atoms with Crippen molar-refractivity contribution in [3.63, 3.8) is 0 Å². The number of nitrogens with two attached hydrogens (primary N) is 1. The van der Waals surface area contributed by atoms with Crippen LogP contribution in [0, 0.1) is 0 Å². The first-order valence-electron chi connectivity index (χ1n) is 10.6. The fourth-order valence-electron chi connectivity index (χ4n) is 4.22. The molecule has 7 nitrogen and oxygen atoms in total. The van der Waals surface area contributed by atoms with Gasteiger partial charge in [-0.2, -0.15) is 5.10 Å². The Hall–Kier alpha value is -2.45. The molecule has 1 saturated heterocycles. The van der Waals surface area contributed by atoms with E-state index in [1.54, 1.807) is 24.6 Å².